The van der Waals surface area contributed by atoms with Crippen LogP contribution in [0.3, 0.4) is 0 Å². The molecule has 1 aromatic rings. The Labute approximate surface area is 126 Å². The van der Waals surface area contributed by atoms with Crippen molar-refractivity contribution in [2.75, 3.05) is 13.1 Å². The molecular weight excluding hydrogens is 266 g/mol. The fourth-order valence-electron chi connectivity index (χ4n) is 3.41. The zero-order valence-electron chi connectivity index (χ0n) is 12.7. The Morgan fingerprint density at radius 2 is 1.81 bits per heavy atom. The van der Waals surface area contributed by atoms with Gasteiger partial charge in [0.05, 0.1) is 0 Å². The van der Waals surface area contributed by atoms with Crippen LogP contribution in [0.25, 0.3) is 0 Å². The summed E-state index contributed by atoms with van der Waals surface area (Å²) in [5.74, 6) is 2.19. The number of rotatable bonds is 4. The topological polar surface area (TPSA) is 59.2 Å². The molecule has 0 aromatic carbocycles. The van der Waals surface area contributed by atoms with E-state index >= 15 is 0 Å². The summed E-state index contributed by atoms with van der Waals surface area (Å²) < 4.78 is 5.31. The van der Waals surface area contributed by atoms with Crippen LogP contribution in [0.15, 0.2) is 4.52 Å². The summed E-state index contributed by atoms with van der Waals surface area (Å²) in [6, 6.07) is 0. The highest BCUT2D eigenvalue weighted by molar-refractivity contribution is 5.76. The average Bonchev–Trinajstić information content (AvgIpc) is 3.11. The largest absolute Gasteiger partial charge is 0.343 e. The molecule has 0 radical (unpaired) electrons. The molecule has 1 aliphatic heterocycles. The van der Waals surface area contributed by atoms with Crippen molar-refractivity contribution in [2.45, 2.75) is 70.1 Å². The summed E-state index contributed by atoms with van der Waals surface area (Å²) in [7, 11) is 0. The first kappa shape index (κ1) is 14.5. The van der Waals surface area contributed by atoms with Crippen molar-refractivity contribution in [3.8, 4) is 0 Å². The van der Waals surface area contributed by atoms with Crippen LogP contribution in [0, 0.1) is 0 Å². The average molecular weight is 291 g/mol. The van der Waals surface area contributed by atoms with Crippen LogP contribution in [0.1, 0.15) is 75.4 Å². The van der Waals surface area contributed by atoms with Crippen LogP contribution in [0.2, 0.25) is 0 Å². The van der Waals surface area contributed by atoms with Gasteiger partial charge in [-0.05, 0) is 25.7 Å². The van der Waals surface area contributed by atoms with Gasteiger partial charge in [0.15, 0.2) is 5.82 Å². The third kappa shape index (κ3) is 3.83. The number of hydrogen-bond acceptors (Lipinski definition) is 4. The first-order chi connectivity index (χ1) is 10.3. The lowest BCUT2D eigenvalue weighted by Crippen LogP contribution is -2.31. The molecule has 2 heterocycles. The molecule has 0 bridgehead atoms. The first-order valence-electron chi connectivity index (χ1n) is 8.43. The van der Waals surface area contributed by atoms with Crippen molar-refractivity contribution < 1.29 is 9.32 Å². The minimum Gasteiger partial charge on any atom is -0.343 e. The van der Waals surface area contributed by atoms with E-state index in [1.54, 1.807) is 0 Å². The predicted octanol–water partition coefficient (Wildman–Crippen LogP) is 3.06. The highest BCUT2D eigenvalue weighted by Crippen LogP contribution is 2.32. The molecule has 3 rings (SSSR count). The van der Waals surface area contributed by atoms with Gasteiger partial charge in [-0.2, -0.15) is 4.98 Å². The van der Waals surface area contributed by atoms with E-state index < -0.39 is 0 Å². The highest BCUT2D eigenvalue weighted by atomic mass is 16.5. The minimum absolute atomic E-state index is 0.234. The number of carbonyl (C=O) groups excluding carboxylic acids is 1. The van der Waals surface area contributed by atoms with Crippen molar-refractivity contribution in [2.24, 2.45) is 0 Å². The maximum absolute atomic E-state index is 12.2. The number of hydrogen-bond donors (Lipinski definition) is 0. The fraction of sp³-hybridized carbons (Fsp3) is 0.812. The normalized spacial score (nSPS) is 20.7. The number of likely N-dealkylation sites (tertiary alicyclic amines) is 1. The van der Waals surface area contributed by atoms with Gasteiger partial charge in [0.2, 0.25) is 11.8 Å². The van der Waals surface area contributed by atoms with Gasteiger partial charge in [0.1, 0.15) is 0 Å². The smallest absolute Gasteiger partial charge is 0.227 e. The summed E-state index contributed by atoms with van der Waals surface area (Å²) in [6.45, 7) is 1.83. The van der Waals surface area contributed by atoms with Gasteiger partial charge in [-0.15, -0.1) is 0 Å². The molecule has 1 saturated carbocycles. The van der Waals surface area contributed by atoms with Gasteiger partial charge in [-0.25, -0.2) is 0 Å². The minimum atomic E-state index is 0.234. The third-order valence-corrected chi connectivity index (χ3v) is 4.72. The lowest BCUT2D eigenvalue weighted by Gasteiger charge is -2.19. The molecule has 1 aliphatic carbocycles. The van der Waals surface area contributed by atoms with E-state index in [4.69, 9.17) is 4.52 Å². The van der Waals surface area contributed by atoms with Crippen LogP contribution in [-0.4, -0.2) is 34.0 Å². The van der Waals surface area contributed by atoms with E-state index in [0.717, 1.165) is 31.8 Å². The molecule has 5 heteroatoms. The van der Waals surface area contributed by atoms with E-state index in [1.807, 2.05) is 4.90 Å². The number of nitrogens with zero attached hydrogens (tertiary/aromatic N) is 3. The second-order valence-electron chi connectivity index (χ2n) is 6.32. The number of amides is 1. The Balaban J connectivity index is 1.48. The molecule has 21 heavy (non-hydrogen) atoms. The lowest BCUT2D eigenvalue weighted by atomic mass is 10.1. The predicted molar refractivity (Wildman–Crippen MR) is 78.9 cm³/mol. The second-order valence-corrected chi connectivity index (χ2v) is 6.32. The second kappa shape index (κ2) is 7.05. The molecule has 0 atom stereocenters. The van der Waals surface area contributed by atoms with E-state index in [1.165, 1.54) is 38.5 Å². The number of aryl methyl sites for hydroxylation is 1. The van der Waals surface area contributed by atoms with Gasteiger partial charge < -0.3 is 9.42 Å². The number of aromatic nitrogens is 2. The summed E-state index contributed by atoms with van der Waals surface area (Å²) in [4.78, 5) is 18.7. The third-order valence-electron chi connectivity index (χ3n) is 4.72. The Kier molecular flexibility index (Phi) is 4.88. The zero-order chi connectivity index (χ0) is 14.5. The molecule has 1 amide bonds. The van der Waals surface area contributed by atoms with E-state index in [2.05, 4.69) is 10.1 Å². The Hall–Kier alpha value is -1.39. The monoisotopic (exact) mass is 291 g/mol. The van der Waals surface area contributed by atoms with Crippen LogP contribution in [0.4, 0.5) is 0 Å². The summed E-state index contributed by atoms with van der Waals surface area (Å²) in [5.41, 5.74) is 0. The Bertz CT molecular complexity index is 458. The molecular formula is C16H25N3O2. The Morgan fingerprint density at radius 3 is 2.52 bits per heavy atom. The van der Waals surface area contributed by atoms with Gasteiger partial charge in [0, 0.05) is 31.8 Å². The lowest BCUT2D eigenvalue weighted by molar-refractivity contribution is -0.131. The standard InChI is InChI=1S/C16H25N3O2/c20-15(19-11-5-1-2-6-12-19)10-9-14-17-16(18-21-14)13-7-3-4-8-13/h13H,1-12H2. The van der Waals surface area contributed by atoms with Crippen LogP contribution in [0.5, 0.6) is 0 Å². The van der Waals surface area contributed by atoms with Crippen LogP contribution >= 0.6 is 0 Å². The van der Waals surface area contributed by atoms with Crippen molar-refractivity contribution in [3.63, 3.8) is 0 Å². The van der Waals surface area contributed by atoms with E-state index in [0.29, 0.717) is 24.7 Å². The van der Waals surface area contributed by atoms with Gasteiger partial charge in [-0.3, -0.25) is 4.79 Å². The summed E-state index contributed by atoms with van der Waals surface area (Å²) in [6.07, 6.45) is 10.7. The SMILES string of the molecule is O=C(CCc1nc(C2CCCC2)no1)N1CCCCCC1. The summed E-state index contributed by atoms with van der Waals surface area (Å²) >= 11 is 0. The molecule has 116 valence electrons. The van der Waals surface area contributed by atoms with Crippen LogP contribution < -0.4 is 0 Å². The molecule has 1 saturated heterocycles. The molecule has 2 fully saturated rings. The molecule has 0 spiro atoms. The highest BCUT2D eigenvalue weighted by Gasteiger charge is 2.23. The fourth-order valence-corrected chi connectivity index (χ4v) is 3.41. The molecule has 0 N–H and O–H groups in total. The maximum Gasteiger partial charge on any atom is 0.227 e. The van der Waals surface area contributed by atoms with E-state index in [9.17, 15) is 4.79 Å². The first-order valence-corrected chi connectivity index (χ1v) is 8.43. The molecule has 2 aliphatic rings. The Morgan fingerprint density at radius 1 is 1.10 bits per heavy atom. The molecule has 0 unspecified atom stereocenters. The van der Waals surface area contributed by atoms with Crippen molar-refractivity contribution >= 4 is 5.91 Å². The molecule has 5 nitrogen and oxygen atoms in total. The van der Waals surface area contributed by atoms with Crippen LogP contribution in [-0.2, 0) is 11.2 Å². The quantitative estimate of drug-likeness (QED) is 0.855. The van der Waals surface area contributed by atoms with Gasteiger partial charge in [0.25, 0.3) is 0 Å². The zero-order valence-corrected chi connectivity index (χ0v) is 12.7. The van der Waals surface area contributed by atoms with Crippen molar-refractivity contribution in [3.05, 3.63) is 11.7 Å². The summed E-state index contributed by atoms with van der Waals surface area (Å²) in [5, 5.41) is 4.09. The maximum atomic E-state index is 12.2. The van der Waals surface area contributed by atoms with E-state index in [-0.39, 0.29) is 5.91 Å². The molecule has 1 aromatic heterocycles. The van der Waals surface area contributed by atoms with Crippen molar-refractivity contribution in [1.82, 2.24) is 15.0 Å². The van der Waals surface area contributed by atoms with Gasteiger partial charge >= 0.3 is 0 Å². The van der Waals surface area contributed by atoms with Crippen molar-refractivity contribution in [1.29, 1.82) is 0 Å². The number of carbonyl (C=O) groups is 1. The van der Waals surface area contributed by atoms with Gasteiger partial charge in [-0.1, -0.05) is 30.8 Å².